The van der Waals surface area contributed by atoms with Gasteiger partial charge in [0.2, 0.25) is 0 Å². The van der Waals surface area contributed by atoms with Crippen LogP contribution in [0.4, 0.5) is 0 Å². The molecule has 0 radical (unpaired) electrons. The van der Waals surface area contributed by atoms with Crippen molar-refractivity contribution in [2.75, 3.05) is 13.7 Å². The number of hydrogen-bond donors (Lipinski definition) is 2. The fraction of sp³-hybridized carbons (Fsp3) is 0.429. The normalized spacial score (nSPS) is 18.8. The van der Waals surface area contributed by atoms with Crippen molar-refractivity contribution in [3.8, 4) is 5.75 Å². The van der Waals surface area contributed by atoms with E-state index >= 15 is 0 Å². The van der Waals surface area contributed by atoms with Crippen LogP contribution < -0.4 is 15.4 Å². The van der Waals surface area contributed by atoms with Gasteiger partial charge in [-0.1, -0.05) is 6.07 Å². The third-order valence-corrected chi connectivity index (χ3v) is 3.57. The van der Waals surface area contributed by atoms with E-state index in [1.165, 1.54) is 0 Å². The molecule has 19 heavy (non-hydrogen) atoms. The Kier molecular flexibility index (Phi) is 3.46. The molecule has 1 saturated heterocycles. The highest BCUT2D eigenvalue weighted by Crippen LogP contribution is 2.34. The molecule has 2 rings (SSSR count). The molecular formula is C14H18N2O3. The van der Waals surface area contributed by atoms with Crippen molar-refractivity contribution in [1.29, 1.82) is 0 Å². The van der Waals surface area contributed by atoms with Crippen molar-refractivity contribution in [2.45, 2.75) is 26.8 Å². The molecule has 0 aliphatic carbocycles. The van der Waals surface area contributed by atoms with Gasteiger partial charge in [0, 0.05) is 12.1 Å². The number of carbonyl (C=O) groups is 2. The van der Waals surface area contributed by atoms with E-state index in [0.717, 1.165) is 28.0 Å². The first-order valence-electron chi connectivity index (χ1n) is 6.19. The minimum Gasteiger partial charge on any atom is -0.496 e. The molecule has 1 heterocycles. The number of piperazine rings is 1. The summed E-state index contributed by atoms with van der Waals surface area (Å²) < 4.78 is 5.49. The van der Waals surface area contributed by atoms with Gasteiger partial charge >= 0.3 is 11.8 Å². The molecule has 0 aromatic heterocycles. The molecule has 1 atom stereocenters. The number of methoxy groups -OCH3 is 1. The second-order valence-corrected chi connectivity index (χ2v) is 4.82. The fourth-order valence-corrected chi connectivity index (χ4v) is 2.49. The summed E-state index contributed by atoms with van der Waals surface area (Å²) in [5.41, 5.74) is 4.17. The van der Waals surface area contributed by atoms with Crippen LogP contribution in [0.5, 0.6) is 5.75 Å². The van der Waals surface area contributed by atoms with Gasteiger partial charge in [-0.25, -0.2) is 0 Å². The van der Waals surface area contributed by atoms with Crippen LogP contribution in [0.15, 0.2) is 6.07 Å². The van der Waals surface area contributed by atoms with Gasteiger partial charge in [0.05, 0.1) is 13.2 Å². The Morgan fingerprint density at radius 1 is 1.16 bits per heavy atom. The van der Waals surface area contributed by atoms with Gasteiger partial charge in [0.15, 0.2) is 0 Å². The highest BCUT2D eigenvalue weighted by Gasteiger charge is 2.29. The van der Waals surface area contributed by atoms with Crippen LogP contribution >= 0.6 is 0 Å². The maximum atomic E-state index is 11.5. The summed E-state index contributed by atoms with van der Waals surface area (Å²) in [5, 5.41) is 5.30. The zero-order valence-corrected chi connectivity index (χ0v) is 11.6. The maximum Gasteiger partial charge on any atom is 0.309 e. The van der Waals surface area contributed by atoms with Gasteiger partial charge in [0.25, 0.3) is 0 Å². The molecule has 1 unspecified atom stereocenters. The minimum absolute atomic E-state index is 0.251. The van der Waals surface area contributed by atoms with Crippen molar-refractivity contribution < 1.29 is 14.3 Å². The predicted molar refractivity (Wildman–Crippen MR) is 71.1 cm³/mol. The number of rotatable bonds is 2. The van der Waals surface area contributed by atoms with Crippen LogP contribution in [-0.2, 0) is 9.59 Å². The SMILES string of the molecule is COc1c(C)c(C)cc(C)c1C1CNC(=O)C(=O)N1. The van der Waals surface area contributed by atoms with E-state index in [0.29, 0.717) is 6.54 Å². The van der Waals surface area contributed by atoms with E-state index in [1.54, 1.807) is 7.11 Å². The van der Waals surface area contributed by atoms with E-state index in [2.05, 4.69) is 16.7 Å². The van der Waals surface area contributed by atoms with Crippen molar-refractivity contribution in [3.63, 3.8) is 0 Å². The Hall–Kier alpha value is -2.04. The van der Waals surface area contributed by atoms with E-state index in [-0.39, 0.29) is 6.04 Å². The number of nitrogens with one attached hydrogen (secondary N) is 2. The molecule has 1 aromatic rings. The maximum absolute atomic E-state index is 11.5. The summed E-state index contributed by atoms with van der Waals surface area (Å²) in [6, 6.07) is 1.81. The zero-order chi connectivity index (χ0) is 14.2. The van der Waals surface area contributed by atoms with Gasteiger partial charge in [-0.15, -0.1) is 0 Å². The molecule has 1 fully saturated rings. The lowest BCUT2D eigenvalue weighted by atomic mass is 9.93. The molecule has 1 aliphatic rings. The smallest absolute Gasteiger partial charge is 0.309 e. The number of amides is 2. The molecule has 102 valence electrons. The number of ether oxygens (including phenoxy) is 1. The van der Waals surface area contributed by atoms with Crippen LogP contribution in [0, 0.1) is 20.8 Å². The monoisotopic (exact) mass is 262 g/mol. The standard InChI is InChI=1S/C14H18N2O3/c1-7-5-8(2)11(12(19-4)9(7)3)10-6-15-13(17)14(18)16-10/h5,10H,6H2,1-4H3,(H,15,17)(H,16,18). The molecular weight excluding hydrogens is 244 g/mol. The Morgan fingerprint density at radius 2 is 1.84 bits per heavy atom. The molecule has 0 spiro atoms. The number of carbonyl (C=O) groups excluding carboxylic acids is 2. The van der Waals surface area contributed by atoms with Crippen molar-refractivity contribution in [2.24, 2.45) is 0 Å². The second-order valence-electron chi connectivity index (χ2n) is 4.82. The Balaban J connectivity index is 2.47. The number of aryl methyl sites for hydroxylation is 2. The highest BCUT2D eigenvalue weighted by molar-refractivity contribution is 6.35. The molecule has 0 saturated carbocycles. The van der Waals surface area contributed by atoms with Crippen molar-refractivity contribution in [3.05, 3.63) is 28.3 Å². The van der Waals surface area contributed by atoms with Gasteiger partial charge in [0.1, 0.15) is 5.75 Å². The molecule has 2 N–H and O–H groups in total. The first-order valence-corrected chi connectivity index (χ1v) is 6.19. The summed E-state index contributed by atoms with van der Waals surface area (Å²) in [7, 11) is 1.62. The average Bonchev–Trinajstić information content (AvgIpc) is 2.37. The Bertz CT molecular complexity index is 552. The lowest BCUT2D eigenvalue weighted by molar-refractivity contribution is -0.141. The first kappa shape index (κ1) is 13.4. The molecule has 2 amide bonds. The summed E-state index contributed by atoms with van der Waals surface area (Å²) in [6.45, 7) is 6.37. The second kappa shape index (κ2) is 4.91. The van der Waals surface area contributed by atoms with E-state index in [4.69, 9.17) is 4.74 Å². The first-order chi connectivity index (χ1) is 8.95. The summed E-state index contributed by atoms with van der Waals surface area (Å²) in [4.78, 5) is 22.7. The highest BCUT2D eigenvalue weighted by atomic mass is 16.5. The Morgan fingerprint density at radius 3 is 2.42 bits per heavy atom. The Labute approximate surface area is 112 Å². The van der Waals surface area contributed by atoms with Gasteiger partial charge < -0.3 is 15.4 Å². The number of hydrogen-bond acceptors (Lipinski definition) is 3. The van der Waals surface area contributed by atoms with Crippen LogP contribution in [-0.4, -0.2) is 25.5 Å². The lowest BCUT2D eigenvalue weighted by Gasteiger charge is -2.28. The van der Waals surface area contributed by atoms with Gasteiger partial charge in [-0.05, 0) is 37.5 Å². The number of benzene rings is 1. The molecule has 0 bridgehead atoms. The van der Waals surface area contributed by atoms with Crippen LogP contribution in [0.1, 0.15) is 28.3 Å². The largest absolute Gasteiger partial charge is 0.496 e. The molecule has 1 aliphatic heterocycles. The average molecular weight is 262 g/mol. The van der Waals surface area contributed by atoms with Gasteiger partial charge in [-0.3, -0.25) is 9.59 Å². The lowest BCUT2D eigenvalue weighted by Crippen LogP contribution is -2.51. The predicted octanol–water partition coefficient (Wildman–Crippen LogP) is 0.908. The third kappa shape index (κ3) is 2.28. The minimum atomic E-state index is -0.601. The van der Waals surface area contributed by atoms with E-state index in [1.807, 2.05) is 20.8 Å². The topological polar surface area (TPSA) is 67.4 Å². The van der Waals surface area contributed by atoms with Gasteiger partial charge in [-0.2, -0.15) is 0 Å². The van der Waals surface area contributed by atoms with E-state index < -0.39 is 11.8 Å². The quantitative estimate of drug-likeness (QED) is 0.778. The van der Waals surface area contributed by atoms with Crippen LogP contribution in [0.3, 0.4) is 0 Å². The van der Waals surface area contributed by atoms with Crippen molar-refractivity contribution >= 4 is 11.8 Å². The summed E-state index contributed by atoms with van der Waals surface area (Å²) in [6.07, 6.45) is 0. The zero-order valence-electron chi connectivity index (χ0n) is 11.6. The van der Waals surface area contributed by atoms with Crippen LogP contribution in [0.2, 0.25) is 0 Å². The third-order valence-electron chi connectivity index (χ3n) is 3.57. The summed E-state index contributed by atoms with van der Waals surface area (Å²) >= 11 is 0. The molecule has 5 nitrogen and oxygen atoms in total. The molecule has 1 aromatic carbocycles. The van der Waals surface area contributed by atoms with E-state index in [9.17, 15) is 9.59 Å². The fourth-order valence-electron chi connectivity index (χ4n) is 2.49. The van der Waals surface area contributed by atoms with Crippen molar-refractivity contribution in [1.82, 2.24) is 10.6 Å². The summed E-state index contributed by atoms with van der Waals surface area (Å²) in [5.74, 6) is -0.411. The molecule has 5 heteroatoms. The van der Waals surface area contributed by atoms with Crippen LogP contribution in [0.25, 0.3) is 0 Å².